The predicted molar refractivity (Wildman–Crippen MR) is 123 cm³/mol. The van der Waals surface area contributed by atoms with Gasteiger partial charge in [-0.1, -0.05) is 13.8 Å². The van der Waals surface area contributed by atoms with Gasteiger partial charge in [-0.2, -0.15) is 13.2 Å². The first-order chi connectivity index (χ1) is 15.1. The van der Waals surface area contributed by atoms with Crippen molar-refractivity contribution < 1.29 is 22.7 Å². The van der Waals surface area contributed by atoms with Gasteiger partial charge in [-0.05, 0) is 73.4 Å². The average molecular weight is 466 g/mol. The number of rotatable bonds is 6. The maximum atomic E-state index is 13.2. The normalized spacial score (nSPS) is 13.9. The van der Waals surface area contributed by atoms with Gasteiger partial charge in [-0.3, -0.25) is 10.1 Å². The van der Waals surface area contributed by atoms with Crippen LogP contribution in [0.4, 0.5) is 24.5 Å². The van der Waals surface area contributed by atoms with Crippen molar-refractivity contribution in [1.82, 2.24) is 5.32 Å². The molecule has 1 fully saturated rings. The number of alkyl halides is 3. The number of carbonyl (C=O) groups excluding carboxylic acids is 1. The Morgan fingerprint density at radius 3 is 2.38 bits per heavy atom. The Morgan fingerprint density at radius 1 is 1.12 bits per heavy atom. The van der Waals surface area contributed by atoms with Crippen molar-refractivity contribution in [3.8, 4) is 5.75 Å². The van der Waals surface area contributed by atoms with E-state index in [1.807, 2.05) is 18.7 Å². The lowest BCUT2D eigenvalue weighted by molar-refractivity contribution is -0.137. The Labute approximate surface area is 190 Å². The molecular weight excluding hydrogens is 439 g/mol. The molecule has 0 radical (unpaired) electrons. The Hall–Kier alpha value is -2.81. The number of hydrogen-bond acceptors (Lipinski definition) is 4. The minimum atomic E-state index is -4.48. The van der Waals surface area contributed by atoms with Crippen LogP contribution in [0.2, 0.25) is 0 Å². The number of nitrogens with one attached hydrogen (secondary N) is 2. The minimum Gasteiger partial charge on any atom is -0.493 e. The third kappa shape index (κ3) is 6.35. The van der Waals surface area contributed by atoms with Gasteiger partial charge in [-0.15, -0.1) is 0 Å². The highest BCUT2D eigenvalue weighted by Crippen LogP contribution is 2.36. The molecular formula is C23H26F3N3O2S. The number of carbonyl (C=O) groups is 1. The van der Waals surface area contributed by atoms with E-state index in [2.05, 4.69) is 10.6 Å². The summed E-state index contributed by atoms with van der Waals surface area (Å²) in [6.45, 7) is 6.15. The Morgan fingerprint density at radius 2 is 1.78 bits per heavy atom. The van der Waals surface area contributed by atoms with E-state index in [0.717, 1.165) is 38.1 Å². The molecule has 1 amide bonds. The van der Waals surface area contributed by atoms with Crippen LogP contribution in [0.1, 0.15) is 42.6 Å². The van der Waals surface area contributed by atoms with Crippen LogP contribution in [0.3, 0.4) is 0 Å². The molecule has 2 N–H and O–H groups in total. The van der Waals surface area contributed by atoms with Crippen LogP contribution >= 0.6 is 12.2 Å². The standard InChI is InChI=1S/C23H26F3N3O2S/c1-15(2)14-31-18-8-5-16(6-9-18)21(30)28-22(32)27-19-13-17(23(24,25)26)7-10-20(19)29-11-3-4-12-29/h5-10,13,15H,3-4,11-12,14H2,1-2H3,(H2,27,28,30,32). The molecule has 9 heteroatoms. The monoisotopic (exact) mass is 465 g/mol. The first-order valence-electron chi connectivity index (χ1n) is 10.4. The molecule has 32 heavy (non-hydrogen) atoms. The van der Waals surface area contributed by atoms with Crippen LogP contribution in [-0.4, -0.2) is 30.7 Å². The van der Waals surface area contributed by atoms with Crippen molar-refractivity contribution in [2.45, 2.75) is 32.9 Å². The van der Waals surface area contributed by atoms with Gasteiger partial charge in [0.2, 0.25) is 0 Å². The summed E-state index contributed by atoms with van der Waals surface area (Å²) < 4.78 is 45.3. The van der Waals surface area contributed by atoms with E-state index in [1.54, 1.807) is 24.3 Å². The summed E-state index contributed by atoms with van der Waals surface area (Å²) in [4.78, 5) is 14.5. The fourth-order valence-corrected chi connectivity index (χ4v) is 3.54. The highest BCUT2D eigenvalue weighted by atomic mass is 32.1. The average Bonchev–Trinajstić information content (AvgIpc) is 3.26. The second kappa shape index (κ2) is 10.2. The molecule has 1 saturated heterocycles. The lowest BCUT2D eigenvalue weighted by Gasteiger charge is -2.23. The van der Waals surface area contributed by atoms with E-state index in [0.29, 0.717) is 29.5 Å². The first-order valence-corrected chi connectivity index (χ1v) is 10.9. The van der Waals surface area contributed by atoms with Crippen LogP contribution < -0.4 is 20.3 Å². The Balaban J connectivity index is 1.70. The molecule has 0 atom stereocenters. The molecule has 172 valence electrons. The molecule has 0 saturated carbocycles. The fraction of sp³-hybridized carbons (Fsp3) is 0.391. The molecule has 2 aromatic carbocycles. The van der Waals surface area contributed by atoms with Gasteiger partial charge < -0.3 is 15.0 Å². The number of nitrogens with zero attached hydrogens (tertiary/aromatic N) is 1. The zero-order valence-corrected chi connectivity index (χ0v) is 18.8. The van der Waals surface area contributed by atoms with Crippen LogP contribution in [0.25, 0.3) is 0 Å². The highest BCUT2D eigenvalue weighted by Gasteiger charge is 2.32. The van der Waals surface area contributed by atoms with Crippen molar-refractivity contribution in [3.63, 3.8) is 0 Å². The Kier molecular flexibility index (Phi) is 7.60. The van der Waals surface area contributed by atoms with Crippen molar-refractivity contribution in [1.29, 1.82) is 0 Å². The summed E-state index contributed by atoms with van der Waals surface area (Å²) in [7, 11) is 0. The quantitative estimate of drug-likeness (QED) is 0.555. The van der Waals surface area contributed by atoms with Crippen molar-refractivity contribution >= 4 is 34.6 Å². The van der Waals surface area contributed by atoms with Gasteiger partial charge in [-0.25, -0.2) is 0 Å². The molecule has 1 aliphatic rings. The van der Waals surface area contributed by atoms with Gasteiger partial charge in [0.05, 0.1) is 23.5 Å². The van der Waals surface area contributed by atoms with Crippen molar-refractivity contribution in [3.05, 3.63) is 53.6 Å². The van der Waals surface area contributed by atoms with E-state index in [1.165, 1.54) is 6.07 Å². The smallest absolute Gasteiger partial charge is 0.416 e. The Bertz CT molecular complexity index is 956. The van der Waals surface area contributed by atoms with E-state index in [9.17, 15) is 18.0 Å². The van der Waals surface area contributed by atoms with Gasteiger partial charge >= 0.3 is 6.18 Å². The number of ether oxygens (including phenoxy) is 1. The van der Waals surface area contributed by atoms with Gasteiger partial charge in [0.25, 0.3) is 5.91 Å². The topological polar surface area (TPSA) is 53.6 Å². The van der Waals surface area contributed by atoms with Crippen LogP contribution in [0.15, 0.2) is 42.5 Å². The number of amides is 1. The maximum Gasteiger partial charge on any atom is 0.416 e. The molecule has 0 spiro atoms. The molecule has 1 aliphatic heterocycles. The van der Waals surface area contributed by atoms with Gasteiger partial charge in [0, 0.05) is 18.7 Å². The molecule has 5 nitrogen and oxygen atoms in total. The lowest BCUT2D eigenvalue weighted by atomic mass is 10.1. The van der Waals surface area contributed by atoms with Crippen molar-refractivity contribution in [2.75, 3.05) is 29.9 Å². The summed E-state index contributed by atoms with van der Waals surface area (Å²) in [6.07, 6.45) is -2.54. The number of halogens is 3. The molecule has 0 aromatic heterocycles. The van der Waals surface area contributed by atoms with E-state index in [-0.39, 0.29) is 10.8 Å². The third-order valence-electron chi connectivity index (χ3n) is 4.95. The fourth-order valence-electron chi connectivity index (χ4n) is 3.34. The number of benzene rings is 2. The summed E-state index contributed by atoms with van der Waals surface area (Å²) in [6, 6.07) is 10.1. The summed E-state index contributed by atoms with van der Waals surface area (Å²) in [5.74, 6) is 0.561. The van der Waals surface area contributed by atoms with Crippen LogP contribution in [-0.2, 0) is 6.18 Å². The molecule has 0 bridgehead atoms. The zero-order valence-electron chi connectivity index (χ0n) is 18.0. The molecule has 0 unspecified atom stereocenters. The van der Waals surface area contributed by atoms with Crippen LogP contribution in [0, 0.1) is 5.92 Å². The first kappa shape index (κ1) is 23.8. The summed E-state index contributed by atoms with van der Waals surface area (Å²) in [5.41, 5.74) is 0.409. The molecule has 3 rings (SSSR count). The highest BCUT2D eigenvalue weighted by molar-refractivity contribution is 7.80. The number of hydrogen-bond donors (Lipinski definition) is 2. The van der Waals surface area contributed by atoms with Gasteiger partial charge in [0.1, 0.15) is 5.75 Å². The minimum absolute atomic E-state index is 0.0742. The van der Waals surface area contributed by atoms with E-state index >= 15 is 0 Å². The molecule has 0 aliphatic carbocycles. The predicted octanol–water partition coefficient (Wildman–Crippen LogP) is 5.47. The molecule has 2 aromatic rings. The largest absolute Gasteiger partial charge is 0.493 e. The summed E-state index contributed by atoms with van der Waals surface area (Å²) >= 11 is 5.21. The van der Waals surface area contributed by atoms with E-state index < -0.39 is 17.6 Å². The van der Waals surface area contributed by atoms with Crippen molar-refractivity contribution in [2.24, 2.45) is 5.92 Å². The van der Waals surface area contributed by atoms with E-state index in [4.69, 9.17) is 17.0 Å². The van der Waals surface area contributed by atoms with Crippen LogP contribution in [0.5, 0.6) is 5.75 Å². The second-order valence-corrected chi connectivity index (χ2v) is 8.47. The van der Waals surface area contributed by atoms with Gasteiger partial charge in [0.15, 0.2) is 5.11 Å². The third-order valence-corrected chi connectivity index (χ3v) is 5.15. The maximum absolute atomic E-state index is 13.2. The second-order valence-electron chi connectivity index (χ2n) is 8.06. The SMILES string of the molecule is CC(C)COc1ccc(C(=O)NC(=S)Nc2cc(C(F)(F)F)ccc2N2CCCC2)cc1. The number of thiocarbonyl (C=S) groups is 1. The zero-order chi connectivity index (χ0) is 23.3. The number of anilines is 2. The molecule has 1 heterocycles. The summed E-state index contributed by atoms with van der Waals surface area (Å²) in [5, 5.41) is 5.23. The lowest BCUT2D eigenvalue weighted by Crippen LogP contribution is -2.34.